The maximum absolute atomic E-state index is 15.9. The fourth-order valence-corrected chi connectivity index (χ4v) is 5.91. The number of hydrogen-bond acceptors (Lipinski definition) is 0. The van der Waals surface area contributed by atoms with Gasteiger partial charge in [-0.05, 0) is 49.9 Å². The van der Waals surface area contributed by atoms with Crippen molar-refractivity contribution in [2.24, 2.45) is 0 Å². The summed E-state index contributed by atoms with van der Waals surface area (Å²) in [7, 11) is 0. The van der Waals surface area contributed by atoms with E-state index in [9.17, 15) is 17.6 Å². The van der Waals surface area contributed by atoms with E-state index in [0.29, 0.717) is 27.7 Å². The minimum absolute atomic E-state index is 0.123. The monoisotopic (exact) mass is 591 g/mol. The third-order valence-electron chi connectivity index (χ3n) is 7.55. The molecule has 0 aromatic heterocycles. The van der Waals surface area contributed by atoms with Gasteiger partial charge in [-0.3, -0.25) is 0 Å². The third-order valence-corrected chi connectivity index (χ3v) is 7.55. The lowest BCUT2D eigenvalue weighted by molar-refractivity contribution is 0.489. The van der Waals surface area contributed by atoms with Gasteiger partial charge in [-0.25, -0.2) is 52.7 Å². The zero-order chi connectivity index (χ0) is 30.9. The summed E-state index contributed by atoms with van der Waals surface area (Å²) in [4.78, 5) is 0. The molecular weight excluding hydrogens is 575 g/mol. The molecule has 0 aliphatic heterocycles. The van der Waals surface area contributed by atoms with Gasteiger partial charge in [0.05, 0.1) is 23.3 Å². The van der Waals surface area contributed by atoms with Gasteiger partial charge < -0.3 is 0 Å². The second-order valence-corrected chi connectivity index (χ2v) is 9.64. The summed E-state index contributed by atoms with van der Waals surface area (Å²) in [6.45, 7) is 2.67. The predicted molar refractivity (Wildman–Crippen MR) is 129 cm³/mol. The smallest absolute Gasteiger partial charge is 0.161 e. The molecule has 0 fully saturated rings. The second kappa shape index (κ2) is 10.2. The fraction of sp³-hybridized carbons (Fsp3) is 0.143. The van der Waals surface area contributed by atoms with E-state index in [4.69, 9.17) is 0 Å². The van der Waals surface area contributed by atoms with E-state index in [1.54, 1.807) is 0 Å². The van der Waals surface area contributed by atoms with Gasteiger partial charge in [0.2, 0.25) is 0 Å². The molecule has 0 spiro atoms. The summed E-state index contributed by atoms with van der Waals surface area (Å²) in [5, 5.41) is 0. The average Bonchev–Trinajstić information content (AvgIpc) is 2.87. The van der Waals surface area contributed by atoms with E-state index in [2.05, 4.69) is 0 Å². The highest BCUT2D eigenvalue weighted by Crippen LogP contribution is 2.28. The average molecular weight is 591 g/mol. The van der Waals surface area contributed by atoms with Crippen molar-refractivity contribution in [2.75, 3.05) is 0 Å². The van der Waals surface area contributed by atoms with Gasteiger partial charge >= 0.3 is 0 Å². The van der Waals surface area contributed by atoms with Crippen molar-refractivity contribution in [2.45, 2.75) is 27.7 Å². The SMILES string of the molecule is Cc1c(F)c(F)cc(F)c1[B-](c1c(F)cc(F)c(F)c1C)(c1c(F)cc(F)c(F)c1C)c1c(F)cc(F)c(F)c1C. The van der Waals surface area contributed by atoms with Crippen molar-refractivity contribution in [1.82, 2.24) is 0 Å². The van der Waals surface area contributed by atoms with Crippen LogP contribution >= 0.6 is 0 Å². The predicted octanol–water partition coefficient (Wildman–Crippen LogP) is 5.97. The Bertz CT molecular complexity index is 1500. The first-order valence-corrected chi connectivity index (χ1v) is 11.7. The van der Waals surface area contributed by atoms with E-state index in [-0.39, 0.29) is 24.3 Å². The molecule has 4 rings (SSSR count). The van der Waals surface area contributed by atoms with Crippen LogP contribution < -0.4 is 21.9 Å². The van der Waals surface area contributed by atoms with Crippen molar-refractivity contribution in [3.05, 3.63) is 116 Å². The lowest BCUT2D eigenvalue weighted by Gasteiger charge is -2.48. The maximum Gasteiger partial charge on any atom is 0.161 e. The first-order chi connectivity index (χ1) is 19.0. The molecule has 0 heterocycles. The Hall–Kier alpha value is -3.90. The lowest BCUT2D eigenvalue weighted by atomic mass is 9.11. The standard InChI is InChI=1S/C28H16BF12/c1-9-21(13(30)5-17(34)25(9)38)29(22-10(2)26(39)18(35)6-14(22)31,23-11(3)27(40)19(36)7-15(23)32)24-12(4)28(41)20(37)8-16(24)33/h5-8H,1-4H3/q-1. The second-order valence-electron chi connectivity index (χ2n) is 9.64. The summed E-state index contributed by atoms with van der Waals surface area (Å²) in [6, 6.07) is -0.494. The molecule has 0 aliphatic carbocycles. The van der Waals surface area contributed by atoms with Crippen molar-refractivity contribution in [3.8, 4) is 0 Å². The summed E-state index contributed by atoms with van der Waals surface area (Å²) in [5.74, 6) is -22.3. The van der Waals surface area contributed by atoms with Crippen LogP contribution in [0.4, 0.5) is 52.7 Å². The highest BCUT2D eigenvalue weighted by Gasteiger charge is 2.46. The normalized spacial score (nSPS) is 11.9. The molecule has 0 radical (unpaired) electrons. The number of halogens is 12. The van der Waals surface area contributed by atoms with Crippen molar-refractivity contribution >= 4 is 28.0 Å². The molecule has 0 unspecified atom stereocenters. The van der Waals surface area contributed by atoms with Crippen LogP contribution in [-0.2, 0) is 0 Å². The maximum atomic E-state index is 15.9. The van der Waals surface area contributed by atoms with E-state index in [1.807, 2.05) is 0 Å². The van der Waals surface area contributed by atoms with Crippen LogP contribution in [0.5, 0.6) is 0 Å². The van der Waals surface area contributed by atoms with Crippen LogP contribution in [0.15, 0.2) is 24.3 Å². The topological polar surface area (TPSA) is 0 Å². The Balaban J connectivity index is 2.57. The van der Waals surface area contributed by atoms with E-state index in [1.165, 1.54) is 0 Å². The van der Waals surface area contributed by atoms with Gasteiger partial charge in [-0.2, -0.15) is 21.9 Å². The van der Waals surface area contributed by atoms with Crippen LogP contribution in [0.1, 0.15) is 22.3 Å². The number of benzene rings is 4. The van der Waals surface area contributed by atoms with E-state index < -0.39 is 120 Å². The van der Waals surface area contributed by atoms with Crippen LogP contribution in [0.25, 0.3) is 0 Å². The molecule has 0 nitrogen and oxygen atoms in total. The molecule has 0 aliphatic rings. The first-order valence-electron chi connectivity index (χ1n) is 11.7. The number of hydrogen-bond donors (Lipinski definition) is 0. The van der Waals surface area contributed by atoms with Gasteiger partial charge in [0.25, 0.3) is 0 Å². The van der Waals surface area contributed by atoms with E-state index >= 15 is 35.1 Å². The Morgan fingerprint density at radius 1 is 0.317 bits per heavy atom. The Morgan fingerprint density at radius 3 is 0.659 bits per heavy atom. The van der Waals surface area contributed by atoms with Crippen LogP contribution in [0.3, 0.4) is 0 Å². The molecule has 13 heteroatoms. The van der Waals surface area contributed by atoms with Gasteiger partial charge in [0.15, 0.2) is 46.5 Å². The van der Waals surface area contributed by atoms with Gasteiger partial charge in [0.1, 0.15) is 6.15 Å². The highest BCUT2D eigenvalue weighted by atomic mass is 19.2. The highest BCUT2D eigenvalue weighted by molar-refractivity contribution is 7.20. The molecule has 0 N–H and O–H groups in total. The van der Waals surface area contributed by atoms with E-state index in [0.717, 1.165) is 0 Å². The molecule has 4 aromatic rings. The molecule has 0 saturated heterocycles. The summed E-state index contributed by atoms with van der Waals surface area (Å²) in [5.41, 5.74) is -9.90. The molecule has 0 bridgehead atoms. The molecule has 216 valence electrons. The third kappa shape index (κ3) is 4.19. The Morgan fingerprint density at radius 2 is 0.488 bits per heavy atom. The fourth-order valence-electron chi connectivity index (χ4n) is 5.91. The molecular formula is C28H16BF12-. The van der Waals surface area contributed by atoms with Gasteiger partial charge in [-0.1, -0.05) is 0 Å². The summed E-state index contributed by atoms with van der Waals surface area (Å²) >= 11 is 0. The largest absolute Gasteiger partial charge is 0.210 e. The number of rotatable bonds is 4. The van der Waals surface area contributed by atoms with Crippen molar-refractivity contribution < 1.29 is 52.7 Å². The van der Waals surface area contributed by atoms with Gasteiger partial charge in [-0.15, -0.1) is 0 Å². The molecule has 41 heavy (non-hydrogen) atoms. The summed E-state index contributed by atoms with van der Waals surface area (Å²) < 4.78 is 181. The van der Waals surface area contributed by atoms with Crippen molar-refractivity contribution in [1.29, 1.82) is 0 Å². The van der Waals surface area contributed by atoms with Crippen LogP contribution in [0, 0.1) is 97.5 Å². The van der Waals surface area contributed by atoms with Crippen LogP contribution in [0.2, 0.25) is 0 Å². The molecule has 4 aromatic carbocycles. The lowest BCUT2D eigenvalue weighted by Crippen LogP contribution is -2.80. The zero-order valence-corrected chi connectivity index (χ0v) is 21.4. The van der Waals surface area contributed by atoms with Gasteiger partial charge in [0, 0.05) is 24.3 Å². The zero-order valence-electron chi connectivity index (χ0n) is 21.4. The Kier molecular flexibility index (Phi) is 7.47. The minimum Gasteiger partial charge on any atom is -0.210 e. The molecule has 0 amide bonds. The summed E-state index contributed by atoms with van der Waals surface area (Å²) in [6.07, 6.45) is -4.68. The first kappa shape index (κ1) is 30.1. The Labute approximate surface area is 225 Å². The minimum atomic E-state index is -4.68. The molecule has 0 atom stereocenters. The quantitative estimate of drug-likeness (QED) is 0.156. The molecule has 0 saturated carbocycles. The van der Waals surface area contributed by atoms with Crippen molar-refractivity contribution in [3.63, 3.8) is 0 Å². The van der Waals surface area contributed by atoms with Crippen LogP contribution in [-0.4, -0.2) is 6.15 Å².